The molecule has 0 aliphatic heterocycles. The molecule has 1 aliphatic rings. The summed E-state index contributed by atoms with van der Waals surface area (Å²) < 4.78 is 11.9. The molecule has 3 rings (SSSR count). The van der Waals surface area contributed by atoms with Crippen LogP contribution in [-0.4, -0.2) is 23.6 Å². The molecule has 4 heteroatoms. The van der Waals surface area contributed by atoms with E-state index in [0.29, 0.717) is 24.3 Å². The van der Waals surface area contributed by atoms with E-state index in [4.69, 9.17) is 9.47 Å². The van der Waals surface area contributed by atoms with E-state index in [2.05, 4.69) is 26.8 Å². The van der Waals surface area contributed by atoms with Gasteiger partial charge in [0.15, 0.2) is 5.78 Å². The molecule has 1 aliphatic carbocycles. The number of hydrogen-bond donors (Lipinski definition) is 1. The van der Waals surface area contributed by atoms with Crippen LogP contribution in [-0.2, 0) is 6.42 Å². The monoisotopic (exact) mass is 408 g/mol. The number of aromatic hydroxyl groups is 1. The second-order valence-corrected chi connectivity index (χ2v) is 8.50. The van der Waals surface area contributed by atoms with E-state index in [1.165, 1.54) is 11.6 Å². The number of aryl methyl sites for hydroxylation is 1. The van der Waals surface area contributed by atoms with Crippen LogP contribution < -0.4 is 9.47 Å². The number of phenolic OH excluding ortho intramolecular Hbond substituents is 1. The van der Waals surface area contributed by atoms with Crippen LogP contribution in [0.15, 0.2) is 54.1 Å². The molecule has 2 aromatic carbocycles. The number of benzene rings is 2. The summed E-state index contributed by atoms with van der Waals surface area (Å²) in [5, 5.41) is 10.7. The topological polar surface area (TPSA) is 55.8 Å². The Kier molecular flexibility index (Phi) is 6.86. The maximum atomic E-state index is 13.1. The Labute approximate surface area is 179 Å². The summed E-state index contributed by atoms with van der Waals surface area (Å²) >= 11 is 0. The number of phenols is 1. The van der Waals surface area contributed by atoms with Crippen LogP contribution in [0.25, 0.3) is 0 Å². The average molecular weight is 409 g/mol. The molecule has 1 unspecified atom stereocenters. The third-order valence-corrected chi connectivity index (χ3v) is 6.16. The average Bonchev–Trinajstić information content (AvgIpc) is 2.74. The lowest BCUT2D eigenvalue weighted by Crippen LogP contribution is -2.43. The van der Waals surface area contributed by atoms with E-state index >= 15 is 0 Å². The lowest BCUT2D eigenvalue weighted by Gasteiger charge is -2.40. The second kappa shape index (κ2) is 9.38. The predicted molar refractivity (Wildman–Crippen MR) is 120 cm³/mol. The quantitative estimate of drug-likeness (QED) is 0.422. The molecule has 0 spiro atoms. The van der Waals surface area contributed by atoms with Gasteiger partial charge in [-0.2, -0.15) is 0 Å². The zero-order valence-corrected chi connectivity index (χ0v) is 18.4. The molecule has 0 saturated carbocycles. The van der Waals surface area contributed by atoms with Gasteiger partial charge in [-0.1, -0.05) is 55.8 Å². The minimum atomic E-state index is -0.410. The highest BCUT2D eigenvalue weighted by molar-refractivity contribution is 6.01. The van der Waals surface area contributed by atoms with Gasteiger partial charge in [0, 0.05) is 25.0 Å². The van der Waals surface area contributed by atoms with E-state index in [9.17, 15) is 9.90 Å². The number of Topliss-reactive ketones (excluding diaryl/α,β-unsaturated/α-hetero) is 1. The highest BCUT2D eigenvalue weighted by atomic mass is 16.5. The fourth-order valence-corrected chi connectivity index (χ4v) is 4.00. The Morgan fingerprint density at radius 1 is 1.20 bits per heavy atom. The fourth-order valence-electron chi connectivity index (χ4n) is 4.00. The molecular formula is C26H32O4. The van der Waals surface area contributed by atoms with E-state index in [1.807, 2.05) is 30.3 Å². The second-order valence-electron chi connectivity index (χ2n) is 8.50. The molecule has 0 bridgehead atoms. The van der Waals surface area contributed by atoms with Gasteiger partial charge in [0.1, 0.15) is 28.4 Å². The predicted octanol–water partition coefficient (Wildman–Crippen LogP) is 6.12. The number of hydrogen-bond acceptors (Lipinski definition) is 4. The van der Waals surface area contributed by atoms with E-state index in [0.717, 1.165) is 24.8 Å². The Bertz CT molecular complexity index is 914. The minimum absolute atomic E-state index is 0.0937. The first-order valence-corrected chi connectivity index (χ1v) is 10.7. The van der Waals surface area contributed by atoms with Crippen LogP contribution in [0.1, 0.15) is 62.4 Å². The Balaban J connectivity index is 1.92. The SMILES string of the molecule is COc1cc(O)c(C(=O)CCc2ccccc2)c(OC2(C(C)C)CC=C(C)CC2)c1. The van der Waals surface area contributed by atoms with E-state index in [1.54, 1.807) is 13.2 Å². The lowest BCUT2D eigenvalue weighted by atomic mass is 9.78. The van der Waals surface area contributed by atoms with E-state index in [-0.39, 0.29) is 23.0 Å². The van der Waals surface area contributed by atoms with Crippen LogP contribution in [0.2, 0.25) is 0 Å². The fraction of sp³-hybridized carbons (Fsp3) is 0.423. The zero-order valence-electron chi connectivity index (χ0n) is 18.4. The molecular weight excluding hydrogens is 376 g/mol. The lowest BCUT2D eigenvalue weighted by molar-refractivity contribution is 0.0110. The number of rotatable bonds is 8. The summed E-state index contributed by atoms with van der Waals surface area (Å²) in [5.74, 6) is 0.914. The number of ether oxygens (including phenoxy) is 2. The molecule has 4 nitrogen and oxygen atoms in total. The molecule has 0 heterocycles. The van der Waals surface area contributed by atoms with Gasteiger partial charge in [0.05, 0.1) is 7.11 Å². The molecule has 1 N–H and O–H groups in total. The highest BCUT2D eigenvalue weighted by Gasteiger charge is 2.38. The molecule has 0 aromatic heterocycles. The van der Waals surface area contributed by atoms with Gasteiger partial charge in [-0.15, -0.1) is 0 Å². The first-order valence-electron chi connectivity index (χ1n) is 10.7. The molecule has 0 amide bonds. The largest absolute Gasteiger partial charge is 0.507 e. The summed E-state index contributed by atoms with van der Waals surface area (Å²) in [6.07, 6.45) is 5.76. The molecule has 1 atom stereocenters. The van der Waals surface area contributed by atoms with Crippen molar-refractivity contribution in [1.29, 1.82) is 0 Å². The Hall–Kier alpha value is -2.75. The number of ketones is 1. The molecule has 30 heavy (non-hydrogen) atoms. The highest BCUT2D eigenvalue weighted by Crippen LogP contribution is 2.42. The van der Waals surface area contributed by atoms with Crippen molar-refractivity contribution in [3.8, 4) is 17.2 Å². The van der Waals surface area contributed by atoms with Gasteiger partial charge in [-0.05, 0) is 37.7 Å². The third kappa shape index (κ3) is 4.86. The Morgan fingerprint density at radius 3 is 2.53 bits per heavy atom. The van der Waals surface area contributed by atoms with Crippen molar-refractivity contribution >= 4 is 5.78 Å². The molecule has 2 aromatic rings. The van der Waals surface area contributed by atoms with Crippen molar-refractivity contribution in [3.05, 3.63) is 65.2 Å². The number of carbonyl (C=O) groups excluding carboxylic acids is 1. The van der Waals surface area contributed by atoms with Crippen molar-refractivity contribution in [1.82, 2.24) is 0 Å². The van der Waals surface area contributed by atoms with Gasteiger partial charge < -0.3 is 14.6 Å². The van der Waals surface area contributed by atoms with Gasteiger partial charge in [-0.3, -0.25) is 4.79 Å². The van der Waals surface area contributed by atoms with Gasteiger partial charge in [-0.25, -0.2) is 0 Å². The first-order chi connectivity index (χ1) is 14.3. The van der Waals surface area contributed by atoms with Crippen LogP contribution in [0.3, 0.4) is 0 Å². The van der Waals surface area contributed by atoms with Crippen molar-refractivity contribution in [2.24, 2.45) is 5.92 Å². The standard InChI is InChI=1S/C26H32O4/c1-18(2)26(14-12-19(3)13-15-26)30-24-17-21(29-4)16-23(28)25(24)22(27)11-10-20-8-6-5-7-9-20/h5-9,12,16-18,28H,10-11,13-15H2,1-4H3. The number of allylic oxidation sites excluding steroid dienone is 1. The molecule has 0 fully saturated rings. The molecule has 0 saturated heterocycles. The van der Waals surface area contributed by atoms with Crippen LogP contribution in [0, 0.1) is 5.92 Å². The molecule has 160 valence electrons. The van der Waals surface area contributed by atoms with Gasteiger partial charge in [0.25, 0.3) is 0 Å². The smallest absolute Gasteiger partial charge is 0.170 e. The van der Waals surface area contributed by atoms with Crippen molar-refractivity contribution in [3.63, 3.8) is 0 Å². The summed E-state index contributed by atoms with van der Waals surface area (Å²) in [6.45, 7) is 6.43. The van der Waals surface area contributed by atoms with Crippen molar-refractivity contribution in [2.45, 2.75) is 58.5 Å². The van der Waals surface area contributed by atoms with Crippen LogP contribution in [0.5, 0.6) is 17.2 Å². The van der Waals surface area contributed by atoms with Gasteiger partial charge >= 0.3 is 0 Å². The summed E-state index contributed by atoms with van der Waals surface area (Å²) in [6, 6.07) is 13.1. The number of carbonyl (C=O) groups is 1. The minimum Gasteiger partial charge on any atom is -0.507 e. The van der Waals surface area contributed by atoms with Crippen LogP contribution >= 0.6 is 0 Å². The summed E-state index contributed by atoms with van der Waals surface area (Å²) in [7, 11) is 1.54. The maximum Gasteiger partial charge on any atom is 0.170 e. The first kappa shape index (κ1) is 21.9. The normalized spacial score (nSPS) is 18.8. The van der Waals surface area contributed by atoms with Crippen molar-refractivity contribution < 1.29 is 19.4 Å². The third-order valence-electron chi connectivity index (χ3n) is 6.16. The Morgan fingerprint density at radius 2 is 1.93 bits per heavy atom. The number of methoxy groups -OCH3 is 1. The molecule has 0 radical (unpaired) electrons. The van der Waals surface area contributed by atoms with Gasteiger partial charge in [0.2, 0.25) is 0 Å². The summed E-state index contributed by atoms with van der Waals surface area (Å²) in [5.41, 5.74) is 2.29. The van der Waals surface area contributed by atoms with Crippen molar-refractivity contribution in [2.75, 3.05) is 7.11 Å². The maximum absolute atomic E-state index is 13.1. The summed E-state index contributed by atoms with van der Waals surface area (Å²) in [4.78, 5) is 13.1. The van der Waals surface area contributed by atoms with E-state index < -0.39 is 5.60 Å². The zero-order chi connectivity index (χ0) is 21.7. The van der Waals surface area contributed by atoms with Crippen LogP contribution in [0.4, 0.5) is 0 Å².